The molecule has 1 aliphatic rings. The summed E-state index contributed by atoms with van der Waals surface area (Å²) in [6.45, 7) is 9.71. The van der Waals surface area contributed by atoms with E-state index in [9.17, 15) is 13.9 Å². The zero-order chi connectivity index (χ0) is 28.7. The minimum Gasteiger partial charge on any atom is -1.00 e. The summed E-state index contributed by atoms with van der Waals surface area (Å²) in [5.74, 6) is 0.471. The molecule has 0 spiro atoms. The van der Waals surface area contributed by atoms with Crippen molar-refractivity contribution in [1.29, 1.82) is 0 Å². The van der Waals surface area contributed by atoms with Crippen LogP contribution in [0.4, 0.5) is 8.78 Å². The average Bonchev–Trinajstić information content (AvgIpc) is 2.94. The first kappa shape index (κ1) is 34.9. The lowest BCUT2D eigenvalue weighted by atomic mass is 9.83. The number of hydrogen-bond acceptors (Lipinski definition) is 3. The molecule has 0 fully saturated rings. The van der Waals surface area contributed by atoms with Crippen molar-refractivity contribution in [2.24, 2.45) is 0 Å². The highest BCUT2D eigenvalue weighted by Gasteiger charge is 2.36. The van der Waals surface area contributed by atoms with Crippen LogP contribution in [0.5, 0.6) is 11.5 Å². The van der Waals surface area contributed by atoms with E-state index in [0.717, 1.165) is 42.2 Å². The van der Waals surface area contributed by atoms with Gasteiger partial charge in [-0.25, -0.2) is 13.4 Å². The molecule has 7 heteroatoms. The summed E-state index contributed by atoms with van der Waals surface area (Å²) in [6, 6.07) is 7.66. The van der Waals surface area contributed by atoms with Crippen LogP contribution in [0.3, 0.4) is 0 Å². The van der Waals surface area contributed by atoms with Crippen molar-refractivity contribution in [3.8, 4) is 11.5 Å². The van der Waals surface area contributed by atoms with E-state index in [2.05, 4.69) is 24.1 Å². The fourth-order valence-electron chi connectivity index (χ4n) is 5.75. The Morgan fingerprint density at radius 3 is 2.34 bits per heavy atom. The molecule has 1 atom stereocenters. The SMILES string of the molecule is C=CCOc1c(OCC)ccc2c1C(CCO)C[N+](Cc1cc(F)ccc1F)=C2CCCCCCCCCCC.[Br-]. The number of ether oxygens (including phenoxy) is 2. The molecule has 1 heterocycles. The van der Waals surface area contributed by atoms with Crippen LogP contribution in [-0.2, 0) is 6.54 Å². The fraction of sp³-hybridized carbons (Fsp3) is 0.559. The van der Waals surface area contributed by atoms with Crippen molar-refractivity contribution >= 4 is 5.71 Å². The molecule has 0 aliphatic carbocycles. The topological polar surface area (TPSA) is 41.7 Å². The minimum atomic E-state index is -0.442. The number of rotatable bonds is 19. The summed E-state index contributed by atoms with van der Waals surface area (Å²) in [7, 11) is 0. The summed E-state index contributed by atoms with van der Waals surface area (Å²) < 4.78 is 43.1. The second-order valence-corrected chi connectivity index (χ2v) is 10.7. The Morgan fingerprint density at radius 1 is 0.976 bits per heavy atom. The predicted molar refractivity (Wildman–Crippen MR) is 159 cm³/mol. The maximum atomic E-state index is 14.7. The molecule has 0 bridgehead atoms. The van der Waals surface area contributed by atoms with Crippen molar-refractivity contribution in [2.45, 2.75) is 96.9 Å². The molecule has 0 aromatic heterocycles. The molecule has 4 nitrogen and oxygen atoms in total. The summed E-state index contributed by atoms with van der Waals surface area (Å²) in [6.07, 6.45) is 14.2. The van der Waals surface area contributed by atoms with Crippen molar-refractivity contribution in [1.82, 2.24) is 0 Å². The summed E-state index contributed by atoms with van der Waals surface area (Å²) in [5.41, 5.74) is 3.53. The Labute approximate surface area is 256 Å². The highest BCUT2D eigenvalue weighted by atomic mass is 79.9. The molecule has 0 saturated carbocycles. The van der Waals surface area contributed by atoms with Crippen LogP contribution in [0.2, 0.25) is 0 Å². The Hall–Kier alpha value is -2.25. The third kappa shape index (κ3) is 10.2. The number of hydrogen-bond donors (Lipinski definition) is 1. The molecule has 1 N–H and O–H groups in total. The average molecular weight is 637 g/mol. The molecule has 0 amide bonds. The molecule has 41 heavy (non-hydrogen) atoms. The van der Waals surface area contributed by atoms with E-state index in [1.807, 2.05) is 13.0 Å². The van der Waals surface area contributed by atoms with Crippen LogP contribution in [0, 0.1) is 11.6 Å². The van der Waals surface area contributed by atoms with E-state index in [0.29, 0.717) is 43.2 Å². The second-order valence-electron chi connectivity index (χ2n) is 10.7. The van der Waals surface area contributed by atoms with E-state index in [1.165, 1.54) is 57.1 Å². The van der Waals surface area contributed by atoms with Gasteiger partial charge in [0.1, 0.15) is 18.2 Å². The van der Waals surface area contributed by atoms with Gasteiger partial charge in [0.05, 0.1) is 12.2 Å². The molecule has 0 radical (unpaired) electrons. The predicted octanol–water partition coefficient (Wildman–Crippen LogP) is 5.33. The molecule has 1 aliphatic heterocycles. The first-order chi connectivity index (χ1) is 19.5. The number of halogens is 3. The standard InChI is InChI=1S/C34H48F2NO3.BrH/c1-4-7-8-9-10-11-12-13-14-15-31-29-17-19-32(39-6-3)34(40-22-5-2)33(29)26(20-21-38)24-37(31)25-27-23-28(35)16-18-30(27)36;/h5,16-19,23,26,38H,2,4,6-15,20-22,24-25H2,1,3H3;1H/q+1;/p-1. The number of aliphatic hydroxyl groups excluding tert-OH is 1. The van der Waals surface area contributed by atoms with Gasteiger partial charge in [-0.2, -0.15) is 0 Å². The monoisotopic (exact) mass is 635 g/mol. The van der Waals surface area contributed by atoms with Crippen molar-refractivity contribution in [3.63, 3.8) is 0 Å². The minimum absolute atomic E-state index is 0. The van der Waals surface area contributed by atoms with Crippen molar-refractivity contribution < 1.29 is 44.9 Å². The van der Waals surface area contributed by atoms with Gasteiger partial charge >= 0.3 is 0 Å². The largest absolute Gasteiger partial charge is 1.00 e. The third-order valence-corrected chi connectivity index (χ3v) is 7.71. The number of nitrogens with zero attached hydrogens (tertiary/aromatic N) is 1. The number of aliphatic hydroxyl groups is 1. The van der Waals surface area contributed by atoms with Crippen LogP contribution >= 0.6 is 0 Å². The first-order valence-corrected chi connectivity index (χ1v) is 15.2. The van der Waals surface area contributed by atoms with Gasteiger partial charge in [-0.3, -0.25) is 0 Å². The van der Waals surface area contributed by atoms with E-state index in [1.54, 1.807) is 6.08 Å². The maximum absolute atomic E-state index is 14.7. The van der Waals surface area contributed by atoms with Gasteiger partial charge in [-0.15, -0.1) is 0 Å². The molecule has 2 aromatic rings. The molecule has 2 aromatic carbocycles. The van der Waals surface area contributed by atoms with Gasteiger partial charge in [-0.1, -0.05) is 70.9 Å². The van der Waals surface area contributed by atoms with Crippen LogP contribution in [0.1, 0.15) is 107 Å². The Morgan fingerprint density at radius 2 is 1.68 bits per heavy atom. The summed E-state index contributed by atoms with van der Waals surface area (Å²) in [4.78, 5) is 0. The lowest BCUT2D eigenvalue weighted by molar-refractivity contribution is -0.550. The zero-order valence-corrected chi connectivity index (χ0v) is 26.5. The number of benzene rings is 2. The highest BCUT2D eigenvalue weighted by molar-refractivity contribution is 6.00. The maximum Gasteiger partial charge on any atom is 0.184 e. The van der Waals surface area contributed by atoms with Crippen LogP contribution < -0.4 is 26.5 Å². The fourth-order valence-corrected chi connectivity index (χ4v) is 5.75. The van der Waals surface area contributed by atoms with Gasteiger partial charge < -0.3 is 31.6 Å². The lowest BCUT2D eigenvalue weighted by Crippen LogP contribution is -3.00. The van der Waals surface area contributed by atoms with Crippen LogP contribution in [0.25, 0.3) is 0 Å². The van der Waals surface area contributed by atoms with E-state index in [-0.39, 0.29) is 36.1 Å². The van der Waals surface area contributed by atoms with Gasteiger partial charge in [-0.05, 0) is 50.1 Å². The van der Waals surface area contributed by atoms with Crippen LogP contribution in [-0.4, -0.2) is 41.8 Å². The highest BCUT2D eigenvalue weighted by Crippen LogP contribution is 2.43. The second kappa shape index (κ2) is 19.0. The quantitative estimate of drug-likeness (QED) is 0.129. The first-order valence-electron chi connectivity index (χ1n) is 15.2. The van der Waals surface area contributed by atoms with E-state index < -0.39 is 11.6 Å². The molecule has 1 unspecified atom stereocenters. The third-order valence-electron chi connectivity index (χ3n) is 7.71. The number of unbranched alkanes of at least 4 members (excludes halogenated alkanes) is 8. The van der Waals surface area contributed by atoms with Gasteiger partial charge in [0.2, 0.25) is 0 Å². The zero-order valence-electron chi connectivity index (χ0n) is 24.9. The smallest absolute Gasteiger partial charge is 0.184 e. The van der Waals surface area contributed by atoms with Gasteiger partial charge in [0.15, 0.2) is 30.3 Å². The van der Waals surface area contributed by atoms with E-state index >= 15 is 0 Å². The summed E-state index contributed by atoms with van der Waals surface area (Å²) in [5, 5.41) is 9.97. The Bertz CT molecular complexity index is 1120. The Balaban J connectivity index is 0.00000588. The van der Waals surface area contributed by atoms with Crippen molar-refractivity contribution in [3.05, 3.63) is 71.3 Å². The molecule has 0 saturated heterocycles. The van der Waals surface area contributed by atoms with Gasteiger partial charge in [0.25, 0.3) is 0 Å². The molecule has 228 valence electrons. The van der Waals surface area contributed by atoms with Gasteiger partial charge in [0, 0.05) is 30.1 Å². The molecule has 3 rings (SSSR count). The van der Waals surface area contributed by atoms with Crippen molar-refractivity contribution in [2.75, 3.05) is 26.4 Å². The van der Waals surface area contributed by atoms with Crippen LogP contribution in [0.15, 0.2) is 43.0 Å². The summed E-state index contributed by atoms with van der Waals surface area (Å²) >= 11 is 0. The Kier molecular flexibility index (Phi) is 16.2. The lowest BCUT2D eigenvalue weighted by Gasteiger charge is -2.28. The normalized spacial score (nSPS) is 14.4. The number of fused-ring (bicyclic) bond motifs is 1. The molecular formula is C34H48BrF2NO3. The van der Waals surface area contributed by atoms with E-state index in [4.69, 9.17) is 9.47 Å². The molecular weight excluding hydrogens is 588 g/mol.